The first kappa shape index (κ1) is 51.1. The van der Waals surface area contributed by atoms with Crippen LogP contribution < -0.4 is 26.6 Å². The van der Waals surface area contributed by atoms with Gasteiger partial charge in [-0.25, -0.2) is 4.79 Å². The number of aryl methyl sites for hydroxylation is 1. The average Bonchev–Trinajstić information content (AvgIpc) is 3.90. The van der Waals surface area contributed by atoms with E-state index in [2.05, 4.69) is 26.6 Å². The van der Waals surface area contributed by atoms with Gasteiger partial charge in [0.2, 0.25) is 17.7 Å². The zero-order valence-electron chi connectivity index (χ0n) is 38.6. The van der Waals surface area contributed by atoms with Gasteiger partial charge in [0.05, 0.1) is 6.04 Å². The Hall–Kier alpha value is -7.79. The summed E-state index contributed by atoms with van der Waals surface area (Å²) in [4.78, 5) is 98.4. The molecule has 0 saturated heterocycles. The second kappa shape index (κ2) is 24.7. The van der Waals surface area contributed by atoms with Crippen molar-refractivity contribution < 1.29 is 48.9 Å². The highest BCUT2D eigenvalue weighted by molar-refractivity contribution is 7.09. The number of aliphatic hydroxyl groups is 2. The number of thiophene rings is 1. The molecular formula is C55H55N5O10S. The van der Waals surface area contributed by atoms with Gasteiger partial charge in [-0.1, -0.05) is 133 Å². The summed E-state index contributed by atoms with van der Waals surface area (Å²) in [6, 6.07) is 39.2. The Morgan fingerprint density at radius 2 is 1.14 bits per heavy atom. The number of hydrogen-bond acceptors (Lipinski definition) is 10. The molecule has 15 nitrogen and oxygen atoms in total. The Labute approximate surface area is 414 Å². The van der Waals surface area contributed by atoms with Crippen LogP contribution >= 0.6 is 11.3 Å². The molecule has 3 heterocycles. The third kappa shape index (κ3) is 14.6. The van der Waals surface area contributed by atoms with Crippen LogP contribution in [0.4, 0.5) is 5.69 Å². The number of Topliss-reactive ketones (excluding diaryl/α,β-unsaturated/α-hetero) is 1. The van der Waals surface area contributed by atoms with E-state index < -0.39 is 90.0 Å². The number of carbonyl (C=O) groups excluding carboxylic acids is 6. The number of carbonyl (C=O) groups is 7. The van der Waals surface area contributed by atoms with Crippen molar-refractivity contribution in [1.29, 1.82) is 0 Å². The van der Waals surface area contributed by atoms with E-state index in [1.54, 1.807) is 60.0 Å². The first-order valence-corrected chi connectivity index (χ1v) is 24.1. The molecule has 8 N–H and O–H groups in total. The maximum absolute atomic E-state index is 14.8. The Morgan fingerprint density at radius 3 is 1.76 bits per heavy atom. The molecule has 0 saturated carbocycles. The van der Waals surface area contributed by atoms with Gasteiger partial charge < -0.3 is 41.9 Å². The van der Waals surface area contributed by atoms with Crippen LogP contribution in [0.25, 0.3) is 11.1 Å². The summed E-state index contributed by atoms with van der Waals surface area (Å²) >= 11 is 1.29. The Balaban J connectivity index is 1.25. The van der Waals surface area contributed by atoms with E-state index in [0.29, 0.717) is 28.0 Å². The van der Waals surface area contributed by atoms with E-state index >= 15 is 0 Å². The van der Waals surface area contributed by atoms with Gasteiger partial charge in [-0.3, -0.25) is 28.8 Å². The number of carboxylic acid groups (broad SMARTS) is 1. The molecule has 2 aliphatic rings. The highest BCUT2D eigenvalue weighted by atomic mass is 32.1. The van der Waals surface area contributed by atoms with Crippen LogP contribution in [0.2, 0.25) is 0 Å². The predicted molar refractivity (Wildman–Crippen MR) is 268 cm³/mol. The summed E-state index contributed by atoms with van der Waals surface area (Å²) in [6.07, 6.45) is -4.89. The van der Waals surface area contributed by atoms with E-state index in [9.17, 15) is 48.9 Å². The normalized spacial score (nSPS) is 20.8. The standard InChI is InChI=1S/C55H55N5O10S/c61-47-32-40(50(64)60-46(55(69)70)31-35-13-6-2-7-14-35)29-36-20-25-41(26-21-36)56-53(67)48(62)49(63)54(68)59-45(33-42-17-10-28-71-42)52(66)58-44(51(65)57-43(47)27-22-34-11-4-1-5-12-34)30-37-18-23-39(24-19-37)38-15-8-3-9-16-38/h1-21,23-26,28,40,43-46,48-49,62-63H,22,27,29-33H2,(H,56,67)(H,57,65)(H,58,66)(H,59,68)(H,60,64)(H,69,70)/t40-,43+,44-,45+,46-,48+,49+/m0/s1. The molecule has 7 atom stereocenters. The first-order valence-electron chi connectivity index (χ1n) is 23.3. The maximum atomic E-state index is 14.8. The number of ketones is 1. The van der Waals surface area contributed by atoms with Crippen molar-refractivity contribution in [2.45, 2.75) is 81.3 Å². The number of benzene rings is 5. The van der Waals surface area contributed by atoms with Crippen LogP contribution in [0.5, 0.6) is 0 Å². The largest absolute Gasteiger partial charge is 0.480 e. The number of anilines is 1. The fraction of sp³-hybridized carbons (Fsp3) is 0.255. The van der Waals surface area contributed by atoms with Crippen molar-refractivity contribution in [2.75, 3.05) is 5.32 Å². The number of amides is 5. The Kier molecular flexibility index (Phi) is 17.7. The third-order valence-electron chi connectivity index (χ3n) is 12.3. The van der Waals surface area contributed by atoms with E-state index in [4.69, 9.17) is 0 Å². The van der Waals surface area contributed by atoms with Gasteiger partial charge in [0.1, 0.15) is 18.1 Å². The predicted octanol–water partition coefficient (Wildman–Crippen LogP) is 4.59. The fourth-order valence-corrected chi connectivity index (χ4v) is 9.06. The van der Waals surface area contributed by atoms with Crippen LogP contribution in [-0.4, -0.2) is 93.0 Å². The van der Waals surface area contributed by atoms with Crippen LogP contribution in [0, 0.1) is 5.92 Å². The lowest BCUT2D eigenvalue weighted by Crippen LogP contribution is -2.58. The van der Waals surface area contributed by atoms with Crippen molar-refractivity contribution in [1.82, 2.24) is 21.3 Å². The summed E-state index contributed by atoms with van der Waals surface area (Å²) in [5, 5.41) is 47.1. The molecule has 0 unspecified atom stereocenters. The third-order valence-corrected chi connectivity index (χ3v) is 13.2. The lowest BCUT2D eigenvalue weighted by Gasteiger charge is -2.27. The lowest BCUT2D eigenvalue weighted by molar-refractivity contribution is -0.144. The topological polar surface area (TPSA) is 240 Å². The summed E-state index contributed by atoms with van der Waals surface area (Å²) in [5.74, 6) is -7.64. The zero-order chi connectivity index (χ0) is 50.3. The van der Waals surface area contributed by atoms with Crippen molar-refractivity contribution >= 4 is 58.3 Å². The van der Waals surface area contributed by atoms with E-state index in [1.807, 2.05) is 84.9 Å². The number of rotatable bonds is 13. The van der Waals surface area contributed by atoms with Crippen molar-refractivity contribution in [3.05, 3.63) is 184 Å². The van der Waals surface area contributed by atoms with Crippen molar-refractivity contribution in [3.63, 3.8) is 0 Å². The summed E-state index contributed by atoms with van der Waals surface area (Å²) in [5.41, 5.74) is 4.69. The van der Waals surface area contributed by atoms with Gasteiger partial charge in [0.15, 0.2) is 18.0 Å². The molecule has 366 valence electrons. The number of aliphatic carboxylic acids is 1. The second-order valence-corrected chi connectivity index (χ2v) is 18.5. The van der Waals surface area contributed by atoms with Crippen LogP contribution in [-0.2, 0) is 65.7 Å². The molecule has 5 aromatic carbocycles. The van der Waals surface area contributed by atoms with E-state index in [0.717, 1.165) is 16.7 Å². The number of aliphatic hydroxyl groups excluding tert-OH is 2. The summed E-state index contributed by atoms with van der Waals surface area (Å²) in [6.45, 7) is 0. The second-order valence-electron chi connectivity index (χ2n) is 17.5. The molecule has 1 aromatic heterocycles. The monoisotopic (exact) mass is 977 g/mol. The number of fused-ring (bicyclic) bond motifs is 18. The smallest absolute Gasteiger partial charge is 0.326 e. The molecule has 8 rings (SSSR count). The van der Waals surface area contributed by atoms with Gasteiger partial charge >= 0.3 is 5.97 Å². The van der Waals surface area contributed by atoms with Crippen LogP contribution in [0.3, 0.4) is 0 Å². The number of hydrogen-bond donors (Lipinski definition) is 8. The van der Waals surface area contributed by atoms with Crippen molar-refractivity contribution in [3.8, 4) is 11.1 Å². The minimum absolute atomic E-state index is 0.0370. The average molecular weight is 978 g/mol. The molecule has 5 amide bonds. The van der Waals surface area contributed by atoms with Gasteiger partial charge in [-0.2, -0.15) is 0 Å². The molecule has 0 radical (unpaired) electrons. The molecule has 2 aliphatic heterocycles. The van der Waals surface area contributed by atoms with Gasteiger partial charge in [-0.05, 0) is 76.2 Å². The minimum atomic E-state index is -2.32. The van der Waals surface area contributed by atoms with Crippen LogP contribution in [0.1, 0.15) is 40.0 Å². The number of carboxylic acids is 1. The fourth-order valence-electron chi connectivity index (χ4n) is 8.31. The maximum Gasteiger partial charge on any atom is 0.326 e. The molecule has 71 heavy (non-hydrogen) atoms. The van der Waals surface area contributed by atoms with Gasteiger partial charge in [0.25, 0.3) is 11.8 Å². The molecular weight excluding hydrogens is 923 g/mol. The molecule has 16 heteroatoms. The lowest BCUT2D eigenvalue weighted by atomic mass is 9.89. The SMILES string of the molecule is O=C(N[C@@H](Cc1ccccc1)C(=O)O)[C@@H]1CC(=O)[C@@H](CCc2ccccc2)NC(=O)[C@H](Cc2ccc(-c3ccccc3)cc2)NC(=O)[C@@H](Cc2cccs2)NC(=O)[C@H](O)[C@@H](O)C(=O)Nc2ccc(cc2)C1. The first-order chi connectivity index (χ1) is 34.3. The summed E-state index contributed by atoms with van der Waals surface area (Å²) in [7, 11) is 0. The van der Waals surface area contributed by atoms with Crippen LogP contribution in [0.15, 0.2) is 157 Å². The minimum Gasteiger partial charge on any atom is -0.480 e. The van der Waals surface area contributed by atoms with Gasteiger partial charge in [-0.15, -0.1) is 11.3 Å². The van der Waals surface area contributed by atoms with Gasteiger partial charge in [0, 0.05) is 42.2 Å². The van der Waals surface area contributed by atoms with Crippen molar-refractivity contribution in [2.24, 2.45) is 5.92 Å². The Morgan fingerprint density at radius 1 is 0.577 bits per heavy atom. The highest BCUT2D eigenvalue weighted by Crippen LogP contribution is 2.23. The molecule has 6 aromatic rings. The molecule has 0 fully saturated rings. The zero-order valence-corrected chi connectivity index (χ0v) is 39.4. The summed E-state index contributed by atoms with van der Waals surface area (Å²) < 4.78 is 0. The molecule has 0 aliphatic carbocycles. The van der Waals surface area contributed by atoms with E-state index in [1.165, 1.54) is 23.5 Å². The quantitative estimate of drug-likeness (QED) is 0.0749. The number of nitrogens with one attached hydrogen (secondary N) is 5. The van der Waals surface area contributed by atoms with E-state index in [-0.39, 0.29) is 37.8 Å². The highest BCUT2D eigenvalue weighted by Gasteiger charge is 2.36. The molecule has 2 bridgehead atoms. The Bertz CT molecular complexity index is 2760. The molecule has 0 spiro atoms.